The van der Waals surface area contributed by atoms with Gasteiger partial charge >= 0.3 is 5.97 Å². The van der Waals surface area contributed by atoms with E-state index in [4.69, 9.17) is 5.11 Å². The zero-order valence-corrected chi connectivity index (χ0v) is 8.90. The number of carboxylic acids is 1. The van der Waals surface area contributed by atoms with E-state index in [0.717, 1.165) is 13.1 Å². The standard InChI is InChI=1S/C10H15N3O2/c1-13(2)7-6-11-9-5-3-4-8(12-9)10(14)15/h3-5H,6-7H2,1-2H3,(H,11,12)(H,14,15). The molecule has 0 spiro atoms. The van der Waals surface area contributed by atoms with Crippen LogP contribution in [0.2, 0.25) is 0 Å². The van der Waals surface area contributed by atoms with Gasteiger partial charge in [0.25, 0.3) is 0 Å². The molecule has 0 amide bonds. The second kappa shape index (κ2) is 5.31. The summed E-state index contributed by atoms with van der Waals surface area (Å²) in [6.07, 6.45) is 0. The molecule has 5 nitrogen and oxygen atoms in total. The summed E-state index contributed by atoms with van der Waals surface area (Å²) in [6, 6.07) is 4.90. The minimum absolute atomic E-state index is 0.0600. The summed E-state index contributed by atoms with van der Waals surface area (Å²) < 4.78 is 0. The molecular weight excluding hydrogens is 194 g/mol. The van der Waals surface area contributed by atoms with Crippen molar-refractivity contribution in [2.45, 2.75) is 0 Å². The normalized spacial score (nSPS) is 10.3. The average molecular weight is 209 g/mol. The van der Waals surface area contributed by atoms with Crippen LogP contribution in [-0.4, -0.2) is 48.1 Å². The number of aromatic nitrogens is 1. The molecule has 5 heteroatoms. The molecule has 1 rings (SSSR count). The number of hydrogen-bond donors (Lipinski definition) is 2. The van der Waals surface area contributed by atoms with Gasteiger partial charge in [0.2, 0.25) is 0 Å². The Morgan fingerprint density at radius 3 is 2.87 bits per heavy atom. The topological polar surface area (TPSA) is 65.5 Å². The van der Waals surface area contributed by atoms with Gasteiger partial charge in [-0.3, -0.25) is 0 Å². The quantitative estimate of drug-likeness (QED) is 0.749. The molecule has 0 aliphatic rings. The van der Waals surface area contributed by atoms with Gasteiger partial charge in [-0.05, 0) is 26.2 Å². The van der Waals surface area contributed by atoms with E-state index in [0.29, 0.717) is 5.82 Å². The highest BCUT2D eigenvalue weighted by Crippen LogP contribution is 2.04. The summed E-state index contributed by atoms with van der Waals surface area (Å²) in [5, 5.41) is 11.8. The number of anilines is 1. The molecule has 0 atom stereocenters. The van der Waals surface area contributed by atoms with Crippen LogP contribution < -0.4 is 5.32 Å². The number of rotatable bonds is 5. The summed E-state index contributed by atoms with van der Waals surface area (Å²) in [4.78, 5) is 16.6. The maximum absolute atomic E-state index is 10.6. The third-order valence-electron chi connectivity index (χ3n) is 1.83. The Hall–Kier alpha value is -1.62. The monoisotopic (exact) mass is 209 g/mol. The van der Waals surface area contributed by atoms with E-state index in [2.05, 4.69) is 10.3 Å². The van der Waals surface area contributed by atoms with E-state index in [1.54, 1.807) is 12.1 Å². The molecule has 0 aliphatic carbocycles. The van der Waals surface area contributed by atoms with Crippen molar-refractivity contribution in [1.29, 1.82) is 0 Å². The number of likely N-dealkylation sites (N-methyl/N-ethyl adjacent to an activating group) is 1. The predicted octanol–water partition coefficient (Wildman–Crippen LogP) is 0.753. The van der Waals surface area contributed by atoms with Crippen LogP contribution in [-0.2, 0) is 0 Å². The molecule has 0 saturated carbocycles. The molecular formula is C10H15N3O2. The van der Waals surface area contributed by atoms with Crippen molar-refractivity contribution >= 4 is 11.8 Å². The van der Waals surface area contributed by atoms with E-state index in [-0.39, 0.29) is 5.69 Å². The molecule has 0 unspecified atom stereocenters. The van der Waals surface area contributed by atoms with Crippen LogP contribution in [0.25, 0.3) is 0 Å². The van der Waals surface area contributed by atoms with Gasteiger partial charge in [-0.25, -0.2) is 9.78 Å². The summed E-state index contributed by atoms with van der Waals surface area (Å²) in [7, 11) is 3.95. The fourth-order valence-electron chi connectivity index (χ4n) is 1.06. The van der Waals surface area contributed by atoms with Crippen LogP contribution >= 0.6 is 0 Å². The number of hydrogen-bond acceptors (Lipinski definition) is 4. The number of aromatic carboxylic acids is 1. The van der Waals surface area contributed by atoms with Gasteiger partial charge in [0.1, 0.15) is 5.82 Å². The van der Waals surface area contributed by atoms with Crippen molar-refractivity contribution in [2.24, 2.45) is 0 Å². The summed E-state index contributed by atoms with van der Waals surface area (Å²) in [5.74, 6) is -0.414. The molecule has 1 aromatic rings. The van der Waals surface area contributed by atoms with Crippen molar-refractivity contribution < 1.29 is 9.90 Å². The highest BCUT2D eigenvalue weighted by molar-refractivity contribution is 5.85. The van der Waals surface area contributed by atoms with Crippen LogP contribution in [0.15, 0.2) is 18.2 Å². The number of carbonyl (C=O) groups is 1. The largest absolute Gasteiger partial charge is 0.477 e. The fourth-order valence-corrected chi connectivity index (χ4v) is 1.06. The second-order valence-corrected chi connectivity index (χ2v) is 3.44. The first kappa shape index (κ1) is 11.5. The van der Waals surface area contributed by atoms with Gasteiger partial charge in [0.05, 0.1) is 0 Å². The first-order valence-corrected chi connectivity index (χ1v) is 4.68. The smallest absolute Gasteiger partial charge is 0.354 e. The minimum atomic E-state index is -1.01. The van der Waals surface area contributed by atoms with Gasteiger partial charge in [0, 0.05) is 13.1 Å². The SMILES string of the molecule is CN(C)CCNc1cccc(C(=O)O)n1. The Morgan fingerprint density at radius 1 is 1.53 bits per heavy atom. The second-order valence-electron chi connectivity index (χ2n) is 3.44. The molecule has 0 bridgehead atoms. The van der Waals surface area contributed by atoms with Crippen LogP contribution in [0.4, 0.5) is 5.82 Å². The molecule has 15 heavy (non-hydrogen) atoms. The first-order chi connectivity index (χ1) is 7.09. The molecule has 0 aliphatic heterocycles. The highest BCUT2D eigenvalue weighted by Gasteiger charge is 2.04. The molecule has 0 radical (unpaired) electrons. The molecule has 1 aromatic heterocycles. The lowest BCUT2D eigenvalue weighted by molar-refractivity contribution is 0.0690. The van der Waals surface area contributed by atoms with Gasteiger partial charge in [-0.1, -0.05) is 6.07 Å². The van der Waals surface area contributed by atoms with E-state index in [9.17, 15) is 4.79 Å². The van der Waals surface area contributed by atoms with Gasteiger partial charge in [-0.2, -0.15) is 0 Å². The lowest BCUT2D eigenvalue weighted by atomic mass is 10.3. The predicted molar refractivity (Wildman–Crippen MR) is 58.2 cm³/mol. The molecule has 0 aromatic carbocycles. The minimum Gasteiger partial charge on any atom is -0.477 e. The Kier molecular flexibility index (Phi) is 4.05. The molecule has 0 saturated heterocycles. The van der Waals surface area contributed by atoms with Crippen LogP contribution in [0.3, 0.4) is 0 Å². The van der Waals surface area contributed by atoms with E-state index >= 15 is 0 Å². The molecule has 82 valence electrons. The lowest BCUT2D eigenvalue weighted by Gasteiger charge is -2.10. The van der Waals surface area contributed by atoms with Crippen LogP contribution in [0, 0.1) is 0 Å². The Bertz CT molecular complexity index is 339. The zero-order valence-electron chi connectivity index (χ0n) is 8.90. The fraction of sp³-hybridized carbons (Fsp3) is 0.400. The summed E-state index contributed by atoms with van der Waals surface area (Å²) >= 11 is 0. The highest BCUT2D eigenvalue weighted by atomic mass is 16.4. The molecule has 1 heterocycles. The number of nitrogens with one attached hydrogen (secondary N) is 1. The van der Waals surface area contributed by atoms with Crippen molar-refractivity contribution in [3.8, 4) is 0 Å². The molecule has 0 fully saturated rings. The maximum atomic E-state index is 10.6. The van der Waals surface area contributed by atoms with Gasteiger partial charge in [-0.15, -0.1) is 0 Å². The van der Waals surface area contributed by atoms with Gasteiger partial charge in [0.15, 0.2) is 5.69 Å². The third-order valence-corrected chi connectivity index (χ3v) is 1.83. The Labute approximate surface area is 88.7 Å². The summed E-state index contributed by atoms with van der Waals surface area (Å²) in [6.45, 7) is 1.61. The first-order valence-electron chi connectivity index (χ1n) is 4.68. The lowest BCUT2D eigenvalue weighted by Crippen LogP contribution is -2.21. The Balaban J connectivity index is 2.54. The number of pyridine rings is 1. The number of nitrogens with zero attached hydrogens (tertiary/aromatic N) is 2. The molecule has 2 N–H and O–H groups in total. The van der Waals surface area contributed by atoms with Gasteiger partial charge < -0.3 is 15.3 Å². The summed E-state index contributed by atoms with van der Waals surface area (Å²) in [5.41, 5.74) is 0.0600. The van der Waals surface area contributed by atoms with E-state index < -0.39 is 5.97 Å². The number of carboxylic acid groups (broad SMARTS) is 1. The van der Waals surface area contributed by atoms with Crippen LogP contribution in [0.1, 0.15) is 10.5 Å². The average Bonchev–Trinajstić information content (AvgIpc) is 2.17. The van der Waals surface area contributed by atoms with Crippen molar-refractivity contribution in [3.05, 3.63) is 23.9 Å². The van der Waals surface area contributed by atoms with E-state index in [1.165, 1.54) is 6.07 Å². The van der Waals surface area contributed by atoms with Crippen LogP contribution in [0.5, 0.6) is 0 Å². The van der Waals surface area contributed by atoms with E-state index in [1.807, 2.05) is 19.0 Å². The van der Waals surface area contributed by atoms with Crippen molar-refractivity contribution in [1.82, 2.24) is 9.88 Å². The Morgan fingerprint density at radius 2 is 2.27 bits per heavy atom. The zero-order chi connectivity index (χ0) is 11.3. The third kappa shape index (κ3) is 3.95. The van der Waals surface area contributed by atoms with Crippen molar-refractivity contribution in [2.75, 3.05) is 32.5 Å². The maximum Gasteiger partial charge on any atom is 0.354 e. The van der Waals surface area contributed by atoms with Crippen molar-refractivity contribution in [3.63, 3.8) is 0 Å².